The average Bonchev–Trinajstić information content (AvgIpc) is 2.41. The Bertz CT molecular complexity index is 646. The number of halogens is 2. The van der Waals surface area contributed by atoms with Crippen LogP contribution in [0.1, 0.15) is 0 Å². The molecule has 0 bridgehead atoms. The van der Waals surface area contributed by atoms with Crippen molar-refractivity contribution < 1.29 is 5.11 Å². The van der Waals surface area contributed by atoms with Gasteiger partial charge in [0.15, 0.2) is 0 Å². The number of nitrogens with zero attached hydrogens (tertiary/aromatic N) is 1. The van der Waals surface area contributed by atoms with E-state index < -0.39 is 0 Å². The zero-order valence-corrected chi connectivity index (χ0v) is 12.0. The number of aliphatic hydroxyl groups is 1. The van der Waals surface area contributed by atoms with Crippen LogP contribution in [-0.2, 0) is 0 Å². The predicted octanol–water partition coefficient (Wildman–Crippen LogP) is 2.83. The molecule has 0 unspecified atom stereocenters. The lowest BCUT2D eigenvalue weighted by atomic mass is 10.1. The van der Waals surface area contributed by atoms with E-state index in [0.29, 0.717) is 26.4 Å². The second-order valence-electron chi connectivity index (χ2n) is 3.65. The van der Waals surface area contributed by atoms with E-state index in [2.05, 4.69) is 10.2 Å². The molecule has 0 aliphatic carbocycles. The van der Waals surface area contributed by atoms with Crippen LogP contribution in [0.3, 0.4) is 0 Å². The van der Waals surface area contributed by atoms with E-state index in [-0.39, 0.29) is 12.2 Å². The van der Waals surface area contributed by atoms with Crippen LogP contribution < -0.4 is 5.56 Å². The number of rotatable bonds is 4. The molecule has 0 saturated carbocycles. The van der Waals surface area contributed by atoms with Gasteiger partial charge in [-0.15, -0.1) is 11.8 Å². The zero-order valence-electron chi connectivity index (χ0n) is 9.69. The first-order chi connectivity index (χ1) is 9.11. The third-order valence-electron chi connectivity index (χ3n) is 2.33. The summed E-state index contributed by atoms with van der Waals surface area (Å²) in [6, 6.07) is 6.80. The summed E-state index contributed by atoms with van der Waals surface area (Å²) in [5.41, 5.74) is 1.08. The summed E-state index contributed by atoms with van der Waals surface area (Å²) in [6.07, 6.45) is 0. The average molecular weight is 317 g/mol. The van der Waals surface area contributed by atoms with Crippen LogP contribution >= 0.6 is 35.0 Å². The Hall–Kier alpha value is -1.01. The molecule has 0 radical (unpaired) electrons. The monoisotopic (exact) mass is 316 g/mol. The molecule has 0 fully saturated rings. The number of aliphatic hydroxyl groups excluding tert-OH is 1. The van der Waals surface area contributed by atoms with Gasteiger partial charge >= 0.3 is 0 Å². The van der Waals surface area contributed by atoms with Crippen LogP contribution in [0.4, 0.5) is 0 Å². The molecule has 0 aliphatic rings. The van der Waals surface area contributed by atoms with Gasteiger partial charge in [-0.25, -0.2) is 5.10 Å². The first-order valence-corrected chi connectivity index (χ1v) is 7.15. The maximum absolute atomic E-state index is 11.6. The predicted molar refractivity (Wildman–Crippen MR) is 78.1 cm³/mol. The molecule has 1 aromatic carbocycles. The number of aromatic nitrogens is 2. The lowest BCUT2D eigenvalue weighted by Crippen LogP contribution is -2.11. The summed E-state index contributed by atoms with van der Waals surface area (Å²) in [5, 5.41) is 16.1. The Morgan fingerprint density at radius 1 is 1.26 bits per heavy atom. The molecule has 2 aromatic rings. The van der Waals surface area contributed by atoms with Crippen molar-refractivity contribution in [2.24, 2.45) is 0 Å². The Kier molecular flexibility index (Phi) is 4.87. The highest BCUT2D eigenvalue weighted by molar-refractivity contribution is 7.99. The maximum Gasteiger partial charge on any atom is 0.277 e. The largest absolute Gasteiger partial charge is 0.396 e. The molecule has 0 amide bonds. The highest BCUT2D eigenvalue weighted by Crippen LogP contribution is 2.28. The van der Waals surface area contributed by atoms with E-state index in [0.717, 1.165) is 5.56 Å². The van der Waals surface area contributed by atoms with Crippen LogP contribution in [0.25, 0.3) is 11.3 Å². The van der Waals surface area contributed by atoms with Crippen molar-refractivity contribution in [2.45, 2.75) is 4.90 Å². The zero-order chi connectivity index (χ0) is 13.8. The smallest absolute Gasteiger partial charge is 0.277 e. The molecule has 2 N–H and O–H groups in total. The third-order valence-corrected chi connectivity index (χ3v) is 4.07. The van der Waals surface area contributed by atoms with Crippen molar-refractivity contribution in [3.8, 4) is 11.3 Å². The van der Waals surface area contributed by atoms with Crippen LogP contribution in [0.2, 0.25) is 10.0 Å². The molecule has 4 nitrogen and oxygen atoms in total. The fourth-order valence-electron chi connectivity index (χ4n) is 1.45. The van der Waals surface area contributed by atoms with E-state index in [4.69, 9.17) is 28.3 Å². The first kappa shape index (κ1) is 14.4. The number of aromatic amines is 1. The summed E-state index contributed by atoms with van der Waals surface area (Å²) < 4.78 is 0. The van der Waals surface area contributed by atoms with Gasteiger partial charge in [-0.2, -0.15) is 5.10 Å². The van der Waals surface area contributed by atoms with Crippen LogP contribution in [0.5, 0.6) is 0 Å². The van der Waals surface area contributed by atoms with Crippen molar-refractivity contribution in [3.05, 3.63) is 44.7 Å². The Labute approximate surface area is 123 Å². The maximum atomic E-state index is 11.6. The molecule has 0 aliphatic heterocycles. The number of nitrogens with one attached hydrogen (secondary N) is 1. The minimum atomic E-state index is -0.276. The summed E-state index contributed by atoms with van der Waals surface area (Å²) in [5.74, 6) is 0.452. The van der Waals surface area contributed by atoms with Crippen molar-refractivity contribution in [1.29, 1.82) is 0 Å². The molecule has 1 aromatic heterocycles. The molecule has 100 valence electrons. The van der Waals surface area contributed by atoms with Gasteiger partial charge in [0.1, 0.15) is 0 Å². The lowest BCUT2D eigenvalue weighted by Gasteiger charge is -2.04. The molecular formula is C12H10Cl2N2O2S. The molecule has 0 spiro atoms. The van der Waals surface area contributed by atoms with Crippen molar-refractivity contribution in [2.75, 3.05) is 12.4 Å². The Morgan fingerprint density at radius 3 is 2.74 bits per heavy atom. The van der Waals surface area contributed by atoms with Crippen LogP contribution in [0.15, 0.2) is 34.0 Å². The minimum Gasteiger partial charge on any atom is -0.396 e. The van der Waals surface area contributed by atoms with Crippen LogP contribution in [0, 0.1) is 0 Å². The number of thioether (sulfide) groups is 1. The number of hydrogen-bond donors (Lipinski definition) is 2. The topological polar surface area (TPSA) is 66.0 Å². The normalized spacial score (nSPS) is 10.7. The number of hydrogen-bond acceptors (Lipinski definition) is 4. The van der Waals surface area contributed by atoms with Gasteiger partial charge in [0.25, 0.3) is 5.56 Å². The Balaban J connectivity index is 2.39. The first-order valence-electron chi connectivity index (χ1n) is 5.40. The van der Waals surface area contributed by atoms with Crippen molar-refractivity contribution in [3.63, 3.8) is 0 Å². The summed E-state index contributed by atoms with van der Waals surface area (Å²) in [4.78, 5) is 12.1. The summed E-state index contributed by atoms with van der Waals surface area (Å²) in [7, 11) is 0. The Morgan fingerprint density at radius 2 is 2.05 bits per heavy atom. The van der Waals surface area contributed by atoms with Gasteiger partial charge in [-0.1, -0.05) is 29.3 Å². The van der Waals surface area contributed by atoms with E-state index in [9.17, 15) is 4.79 Å². The van der Waals surface area contributed by atoms with Gasteiger partial charge in [-0.3, -0.25) is 4.79 Å². The third kappa shape index (κ3) is 3.51. The van der Waals surface area contributed by atoms with Gasteiger partial charge in [0, 0.05) is 11.3 Å². The molecule has 2 rings (SSSR count). The molecule has 19 heavy (non-hydrogen) atoms. The van der Waals surface area contributed by atoms with Crippen molar-refractivity contribution >= 4 is 35.0 Å². The van der Waals surface area contributed by atoms with Gasteiger partial charge in [0.2, 0.25) is 0 Å². The van der Waals surface area contributed by atoms with Crippen molar-refractivity contribution in [1.82, 2.24) is 10.2 Å². The van der Waals surface area contributed by atoms with E-state index >= 15 is 0 Å². The highest BCUT2D eigenvalue weighted by atomic mass is 35.5. The fourth-order valence-corrected chi connectivity index (χ4v) is 2.44. The van der Waals surface area contributed by atoms with Gasteiger partial charge in [-0.05, 0) is 18.2 Å². The van der Waals surface area contributed by atoms with Gasteiger partial charge in [0.05, 0.1) is 27.2 Å². The van der Waals surface area contributed by atoms with Gasteiger partial charge < -0.3 is 5.11 Å². The SMILES string of the molecule is O=c1[nH]nc(-c2ccc(Cl)c(Cl)c2)cc1SCCO. The molecule has 1 heterocycles. The molecule has 7 heteroatoms. The second kappa shape index (κ2) is 6.43. The van der Waals surface area contributed by atoms with E-state index in [1.807, 2.05) is 0 Å². The van der Waals surface area contributed by atoms with Crippen LogP contribution in [-0.4, -0.2) is 27.7 Å². The standard InChI is InChI=1S/C12H10Cl2N2O2S/c13-8-2-1-7(5-9(8)14)10-6-11(19-4-3-17)12(18)16-15-10/h1-2,5-6,17H,3-4H2,(H,16,18). The quantitative estimate of drug-likeness (QED) is 0.851. The molecular weight excluding hydrogens is 307 g/mol. The lowest BCUT2D eigenvalue weighted by molar-refractivity contribution is 0.322. The summed E-state index contributed by atoms with van der Waals surface area (Å²) >= 11 is 13.1. The number of H-pyrrole nitrogens is 1. The number of benzene rings is 1. The minimum absolute atomic E-state index is 0.00847. The fraction of sp³-hybridized carbons (Fsp3) is 0.167. The summed E-state index contributed by atoms with van der Waals surface area (Å²) in [6.45, 7) is 0.00847. The highest BCUT2D eigenvalue weighted by Gasteiger charge is 2.07. The van der Waals surface area contributed by atoms with E-state index in [1.54, 1.807) is 24.3 Å². The second-order valence-corrected chi connectivity index (χ2v) is 5.60. The molecule has 0 saturated heterocycles. The molecule has 0 atom stereocenters. The van der Waals surface area contributed by atoms with E-state index in [1.165, 1.54) is 11.8 Å².